The van der Waals surface area contributed by atoms with Crippen molar-refractivity contribution < 1.29 is 19.4 Å². The molecule has 6 heteroatoms. The van der Waals surface area contributed by atoms with Gasteiger partial charge in [0.2, 0.25) is 5.91 Å². The highest BCUT2D eigenvalue weighted by molar-refractivity contribution is 5.94. The molecule has 1 aromatic carbocycles. The molecule has 1 rings (SSSR count). The van der Waals surface area contributed by atoms with Gasteiger partial charge >= 0.3 is 5.97 Å². The van der Waals surface area contributed by atoms with Crippen LogP contribution in [0.2, 0.25) is 0 Å². The second-order valence-electron chi connectivity index (χ2n) is 4.57. The molecule has 0 bridgehead atoms. The number of aliphatic carboxylic acids is 1. The molecule has 0 aliphatic carbocycles. The van der Waals surface area contributed by atoms with Crippen molar-refractivity contribution in [2.24, 2.45) is 0 Å². The molecule has 0 unspecified atom stereocenters. The fourth-order valence-corrected chi connectivity index (χ4v) is 2.01. The molecule has 0 atom stereocenters. The third kappa shape index (κ3) is 5.93. The Morgan fingerprint density at radius 1 is 1.19 bits per heavy atom. The molecule has 0 saturated carbocycles. The first kappa shape index (κ1) is 17.1. The number of hydrogen-bond donors (Lipinski definition) is 1. The van der Waals surface area contributed by atoms with Gasteiger partial charge in [0.1, 0.15) is 0 Å². The summed E-state index contributed by atoms with van der Waals surface area (Å²) in [7, 11) is 1.54. The van der Waals surface area contributed by atoms with Crippen LogP contribution in [0.4, 0.5) is 5.69 Å². The number of benzene rings is 1. The Bertz CT molecular complexity index is 450. The summed E-state index contributed by atoms with van der Waals surface area (Å²) >= 11 is 0. The number of nitrogens with zero attached hydrogens (tertiary/aromatic N) is 2. The number of carbonyl (C=O) groups is 2. The van der Waals surface area contributed by atoms with Crippen LogP contribution in [0.5, 0.6) is 0 Å². The van der Waals surface area contributed by atoms with Gasteiger partial charge in [-0.05, 0) is 19.1 Å². The second-order valence-corrected chi connectivity index (χ2v) is 4.57. The quantitative estimate of drug-likeness (QED) is 0.738. The standard InChI is InChI=1S/C15H22N2O4/c1-3-17(13-7-5-4-6-8-13)14(18)11-16(9-10-21-2)12-15(19)20/h4-8H,3,9-12H2,1-2H3,(H,19,20). The average molecular weight is 294 g/mol. The van der Waals surface area contributed by atoms with Crippen molar-refractivity contribution in [1.82, 2.24) is 4.90 Å². The molecule has 116 valence electrons. The van der Waals surface area contributed by atoms with Crippen LogP contribution in [0.1, 0.15) is 6.92 Å². The van der Waals surface area contributed by atoms with Crippen molar-refractivity contribution in [1.29, 1.82) is 0 Å². The zero-order valence-corrected chi connectivity index (χ0v) is 12.5. The van der Waals surface area contributed by atoms with Gasteiger partial charge in [-0.2, -0.15) is 0 Å². The van der Waals surface area contributed by atoms with E-state index in [1.165, 1.54) is 0 Å². The summed E-state index contributed by atoms with van der Waals surface area (Å²) in [5, 5.41) is 8.90. The van der Waals surface area contributed by atoms with E-state index < -0.39 is 5.97 Å². The summed E-state index contributed by atoms with van der Waals surface area (Å²) in [5.74, 6) is -1.08. The molecular weight excluding hydrogens is 272 g/mol. The molecule has 1 amide bonds. The lowest BCUT2D eigenvalue weighted by Crippen LogP contribution is -2.43. The molecule has 0 aliphatic heterocycles. The Hall–Kier alpha value is -1.92. The molecule has 6 nitrogen and oxygen atoms in total. The summed E-state index contributed by atoms with van der Waals surface area (Å²) in [5.41, 5.74) is 0.812. The number of ether oxygens (including phenoxy) is 1. The van der Waals surface area contributed by atoms with Crippen LogP contribution in [-0.4, -0.2) is 61.8 Å². The molecule has 0 aliphatic rings. The van der Waals surface area contributed by atoms with E-state index in [0.29, 0.717) is 19.7 Å². The van der Waals surface area contributed by atoms with Gasteiger partial charge in [0, 0.05) is 25.9 Å². The molecule has 0 aromatic heterocycles. The predicted octanol–water partition coefficient (Wildman–Crippen LogP) is 1.07. The lowest BCUT2D eigenvalue weighted by Gasteiger charge is -2.25. The normalized spacial score (nSPS) is 10.6. The average Bonchev–Trinajstić information content (AvgIpc) is 2.46. The molecule has 0 spiro atoms. The van der Waals surface area contributed by atoms with Crippen molar-refractivity contribution in [2.75, 3.05) is 44.8 Å². The first-order valence-corrected chi connectivity index (χ1v) is 6.87. The third-order valence-corrected chi connectivity index (χ3v) is 3.01. The highest BCUT2D eigenvalue weighted by atomic mass is 16.5. The number of carboxylic acid groups (broad SMARTS) is 1. The van der Waals surface area contributed by atoms with Gasteiger partial charge in [0.05, 0.1) is 19.7 Å². The maximum absolute atomic E-state index is 12.4. The second kappa shape index (κ2) is 9.10. The summed E-state index contributed by atoms with van der Waals surface area (Å²) < 4.78 is 4.95. The summed E-state index contributed by atoms with van der Waals surface area (Å²) in [6.07, 6.45) is 0. The highest BCUT2D eigenvalue weighted by Gasteiger charge is 2.19. The number of amides is 1. The van der Waals surface area contributed by atoms with Gasteiger partial charge in [-0.1, -0.05) is 18.2 Å². The van der Waals surface area contributed by atoms with E-state index in [4.69, 9.17) is 9.84 Å². The van der Waals surface area contributed by atoms with E-state index in [1.54, 1.807) is 16.9 Å². The number of hydrogen-bond acceptors (Lipinski definition) is 4. The lowest BCUT2D eigenvalue weighted by atomic mass is 10.2. The SMILES string of the molecule is CCN(C(=O)CN(CCOC)CC(=O)O)c1ccccc1. The monoisotopic (exact) mass is 294 g/mol. The van der Waals surface area contributed by atoms with Crippen LogP contribution >= 0.6 is 0 Å². The van der Waals surface area contributed by atoms with Crippen LogP contribution < -0.4 is 4.90 Å². The minimum Gasteiger partial charge on any atom is -0.480 e. The van der Waals surface area contributed by atoms with Gasteiger partial charge in [0.15, 0.2) is 0 Å². The summed E-state index contributed by atoms with van der Waals surface area (Å²) in [4.78, 5) is 26.4. The van der Waals surface area contributed by atoms with Crippen LogP contribution in [0, 0.1) is 0 Å². The molecular formula is C15H22N2O4. The number of para-hydroxylation sites is 1. The van der Waals surface area contributed by atoms with Gasteiger partial charge in [-0.15, -0.1) is 0 Å². The van der Waals surface area contributed by atoms with Crippen LogP contribution in [0.15, 0.2) is 30.3 Å². The molecule has 0 saturated heterocycles. The maximum atomic E-state index is 12.4. The van der Waals surface area contributed by atoms with Gasteiger partial charge < -0.3 is 14.7 Å². The number of carboxylic acids is 1. The summed E-state index contributed by atoms with van der Waals surface area (Å²) in [6.45, 7) is 3.09. The fourth-order valence-electron chi connectivity index (χ4n) is 2.01. The Morgan fingerprint density at radius 2 is 1.86 bits per heavy atom. The molecule has 0 radical (unpaired) electrons. The van der Waals surface area contributed by atoms with Crippen LogP contribution in [0.25, 0.3) is 0 Å². The van der Waals surface area contributed by atoms with E-state index in [2.05, 4.69) is 0 Å². The minimum absolute atomic E-state index is 0.0540. The Balaban J connectivity index is 2.71. The van der Waals surface area contributed by atoms with E-state index in [9.17, 15) is 9.59 Å². The van der Waals surface area contributed by atoms with Gasteiger partial charge in [-0.25, -0.2) is 0 Å². The molecule has 0 fully saturated rings. The van der Waals surface area contributed by atoms with Gasteiger partial charge in [-0.3, -0.25) is 14.5 Å². The Morgan fingerprint density at radius 3 is 2.38 bits per heavy atom. The lowest BCUT2D eigenvalue weighted by molar-refractivity contribution is -0.138. The first-order valence-electron chi connectivity index (χ1n) is 6.87. The smallest absolute Gasteiger partial charge is 0.317 e. The largest absolute Gasteiger partial charge is 0.480 e. The zero-order chi connectivity index (χ0) is 15.7. The molecule has 21 heavy (non-hydrogen) atoms. The topological polar surface area (TPSA) is 70.1 Å². The molecule has 0 heterocycles. The van der Waals surface area contributed by atoms with E-state index in [0.717, 1.165) is 5.69 Å². The number of anilines is 1. The molecule has 1 aromatic rings. The van der Waals surface area contributed by atoms with Crippen molar-refractivity contribution in [3.05, 3.63) is 30.3 Å². The fraction of sp³-hybridized carbons (Fsp3) is 0.467. The van der Waals surface area contributed by atoms with Crippen molar-refractivity contribution in [2.45, 2.75) is 6.92 Å². The van der Waals surface area contributed by atoms with Crippen LogP contribution in [0.3, 0.4) is 0 Å². The predicted molar refractivity (Wildman–Crippen MR) is 80.4 cm³/mol. The highest BCUT2D eigenvalue weighted by Crippen LogP contribution is 2.13. The van der Waals surface area contributed by atoms with E-state index in [1.807, 2.05) is 37.3 Å². The van der Waals surface area contributed by atoms with E-state index in [-0.39, 0.29) is 19.0 Å². The minimum atomic E-state index is -0.957. The maximum Gasteiger partial charge on any atom is 0.317 e. The number of carbonyl (C=O) groups excluding carboxylic acids is 1. The Kier molecular flexibility index (Phi) is 7.42. The third-order valence-electron chi connectivity index (χ3n) is 3.01. The number of likely N-dealkylation sites (N-methyl/N-ethyl adjacent to an activating group) is 1. The van der Waals surface area contributed by atoms with Gasteiger partial charge in [0.25, 0.3) is 0 Å². The summed E-state index contributed by atoms with van der Waals surface area (Å²) in [6, 6.07) is 9.34. The number of methoxy groups -OCH3 is 1. The van der Waals surface area contributed by atoms with Crippen LogP contribution in [-0.2, 0) is 14.3 Å². The van der Waals surface area contributed by atoms with Crippen molar-refractivity contribution in [3.63, 3.8) is 0 Å². The van der Waals surface area contributed by atoms with E-state index >= 15 is 0 Å². The zero-order valence-electron chi connectivity index (χ0n) is 12.5. The van der Waals surface area contributed by atoms with Crippen molar-refractivity contribution >= 4 is 17.6 Å². The van der Waals surface area contributed by atoms with Crippen molar-refractivity contribution in [3.8, 4) is 0 Å². The Labute approximate surface area is 124 Å². The number of rotatable bonds is 9. The first-order chi connectivity index (χ1) is 10.1. The molecule has 1 N–H and O–H groups in total.